The molecule has 0 bridgehead atoms. The van der Waals surface area contributed by atoms with E-state index in [2.05, 4.69) is 24.5 Å². The Labute approximate surface area is 206 Å². The first kappa shape index (κ1) is 26.0. The summed E-state index contributed by atoms with van der Waals surface area (Å²) in [6.07, 6.45) is 12.8. The lowest BCUT2D eigenvalue weighted by molar-refractivity contribution is -0.128. The van der Waals surface area contributed by atoms with Gasteiger partial charge in [0.05, 0.1) is 11.0 Å². The van der Waals surface area contributed by atoms with E-state index in [0.717, 1.165) is 51.4 Å². The molecule has 0 aliphatic heterocycles. The average Bonchev–Trinajstić information content (AvgIpc) is 3.60. The van der Waals surface area contributed by atoms with E-state index < -0.39 is 9.84 Å². The summed E-state index contributed by atoms with van der Waals surface area (Å²) < 4.78 is 25.1. The molecule has 4 aliphatic carbocycles. The van der Waals surface area contributed by atoms with Gasteiger partial charge in [-0.15, -0.1) is 0 Å². The van der Waals surface area contributed by atoms with Crippen LogP contribution in [0.3, 0.4) is 0 Å². The normalized spacial score (nSPS) is 37.1. The van der Waals surface area contributed by atoms with Crippen molar-refractivity contribution in [3.05, 3.63) is 0 Å². The highest BCUT2D eigenvalue weighted by atomic mass is 32.2. The summed E-state index contributed by atoms with van der Waals surface area (Å²) in [5.74, 6) is 2.58. The van der Waals surface area contributed by atoms with Crippen molar-refractivity contribution < 1.29 is 18.0 Å². The molecule has 0 saturated heterocycles. The lowest BCUT2D eigenvalue weighted by Crippen LogP contribution is -2.49. The van der Waals surface area contributed by atoms with Gasteiger partial charge in [0.1, 0.15) is 0 Å². The highest BCUT2D eigenvalue weighted by Gasteiger charge is 2.36. The molecule has 0 radical (unpaired) electrons. The van der Waals surface area contributed by atoms with E-state index >= 15 is 0 Å². The molecule has 2 unspecified atom stereocenters. The third kappa shape index (κ3) is 6.98. The molecule has 0 heterocycles. The maximum atomic E-state index is 12.9. The number of hydrogen-bond donors (Lipinski definition) is 2. The zero-order chi connectivity index (χ0) is 24.3. The maximum absolute atomic E-state index is 12.9. The molecule has 4 saturated carbocycles. The van der Waals surface area contributed by atoms with Gasteiger partial charge in [-0.1, -0.05) is 20.3 Å². The monoisotopic (exact) mass is 494 g/mol. The Kier molecular flexibility index (Phi) is 8.63. The van der Waals surface area contributed by atoms with Gasteiger partial charge in [-0.25, -0.2) is 8.42 Å². The van der Waals surface area contributed by atoms with Crippen molar-refractivity contribution in [3.8, 4) is 0 Å². The van der Waals surface area contributed by atoms with Gasteiger partial charge in [0.2, 0.25) is 11.8 Å². The van der Waals surface area contributed by atoms with E-state index in [1.807, 2.05) is 0 Å². The Morgan fingerprint density at radius 3 is 1.91 bits per heavy atom. The maximum Gasteiger partial charge on any atom is 0.223 e. The fourth-order valence-electron chi connectivity index (χ4n) is 6.74. The van der Waals surface area contributed by atoms with Crippen LogP contribution >= 0.6 is 0 Å². The molecule has 2 atom stereocenters. The SMILES string of the molecule is CC1CCCC(C)C1NC(=O)C1CCC(NC(=O)CC2CCC(S(=O)(=O)CC3CC3)CC2)CC1. The number of nitrogens with one attached hydrogen (secondary N) is 2. The van der Waals surface area contributed by atoms with E-state index in [1.165, 1.54) is 19.3 Å². The van der Waals surface area contributed by atoms with Crippen LogP contribution in [0.1, 0.15) is 104 Å². The Morgan fingerprint density at radius 2 is 1.32 bits per heavy atom. The highest BCUT2D eigenvalue weighted by Crippen LogP contribution is 2.36. The van der Waals surface area contributed by atoms with Gasteiger partial charge in [-0.3, -0.25) is 9.59 Å². The molecule has 0 aromatic rings. The number of carbonyl (C=O) groups is 2. The van der Waals surface area contributed by atoms with Crippen LogP contribution in [0.4, 0.5) is 0 Å². The minimum Gasteiger partial charge on any atom is -0.353 e. The Morgan fingerprint density at radius 1 is 0.735 bits per heavy atom. The molecule has 7 heteroatoms. The molecule has 4 aliphatic rings. The molecule has 194 valence electrons. The predicted octanol–water partition coefficient (Wildman–Crippen LogP) is 4.38. The van der Waals surface area contributed by atoms with Gasteiger partial charge < -0.3 is 10.6 Å². The predicted molar refractivity (Wildman–Crippen MR) is 135 cm³/mol. The van der Waals surface area contributed by atoms with Gasteiger partial charge >= 0.3 is 0 Å². The molecule has 34 heavy (non-hydrogen) atoms. The summed E-state index contributed by atoms with van der Waals surface area (Å²) in [4.78, 5) is 25.5. The summed E-state index contributed by atoms with van der Waals surface area (Å²) in [5, 5.41) is 6.38. The summed E-state index contributed by atoms with van der Waals surface area (Å²) in [5.41, 5.74) is 0. The molecular weight excluding hydrogens is 448 g/mol. The molecule has 0 aromatic heterocycles. The lowest BCUT2D eigenvalue weighted by Gasteiger charge is -2.37. The minimum atomic E-state index is -2.96. The van der Waals surface area contributed by atoms with E-state index in [9.17, 15) is 18.0 Å². The van der Waals surface area contributed by atoms with Gasteiger partial charge in [-0.2, -0.15) is 0 Å². The molecule has 2 N–H and O–H groups in total. The fraction of sp³-hybridized carbons (Fsp3) is 0.926. The van der Waals surface area contributed by atoms with Crippen LogP contribution in [0.5, 0.6) is 0 Å². The van der Waals surface area contributed by atoms with Crippen molar-refractivity contribution in [1.82, 2.24) is 10.6 Å². The highest BCUT2D eigenvalue weighted by molar-refractivity contribution is 7.92. The van der Waals surface area contributed by atoms with Crippen LogP contribution in [0, 0.1) is 29.6 Å². The van der Waals surface area contributed by atoms with E-state index in [4.69, 9.17) is 0 Å². The van der Waals surface area contributed by atoms with Crippen LogP contribution in [0.2, 0.25) is 0 Å². The molecule has 0 aromatic carbocycles. The fourth-order valence-corrected chi connectivity index (χ4v) is 8.99. The van der Waals surface area contributed by atoms with Crippen molar-refractivity contribution in [2.75, 3.05) is 5.75 Å². The van der Waals surface area contributed by atoms with Crippen molar-refractivity contribution in [3.63, 3.8) is 0 Å². The number of sulfone groups is 1. The second kappa shape index (κ2) is 11.3. The lowest BCUT2D eigenvalue weighted by atomic mass is 9.78. The topological polar surface area (TPSA) is 92.3 Å². The molecule has 6 nitrogen and oxygen atoms in total. The van der Waals surface area contributed by atoms with Crippen molar-refractivity contribution >= 4 is 21.7 Å². The zero-order valence-corrected chi connectivity index (χ0v) is 22.1. The molecule has 0 spiro atoms. The third-order valence-corrected chi connectivity index (χ3v) is 11.7. The van der Waals surface area contributed by atoms with Crippen LogP contribution < -0.4 is 10.6 Å². The molecule has 2 amide bonds. The molecule has 4 fully saturated rings. The van der Waals surface area contributed by atoms with Crippen molar-refractivity contribution in [1.29, 1.82) is 0 Å². The van der Waals surface area contributed by atoms with E-state index in [-0.39, 0.29) is 29.0 Å². The van der Waals surface area contributed by atoms with E-state index in [0.29, 0.717) is 54.7 Å². The quantitative estimate of drug-likeness (QED) is 0.524. The Bertz CT molecular complexity index is 798. The van der Waals surface area contributed by atoms with Crippen molar-refractivity contribution in [2.45, 2.75) is 121 Å². The third-order valence-electron chi connectivity index (χ3n) is 9.26. The smallest absolute Gasteiger partial charge is 0.223 e. The largest absolute Gasteiger partial charge is 0.353 e. The van der Waals surface area contributed by atoms with Gasteiger partial charge in [0.25, 0.3) is 0 Å². The summed E-state index contributed by atoms with van der Waals surface area (Å²) >= 11 is 0. The summed E-state index contributed by atoms with van der Waals surface area (Å²) in [6, 6.07) is 0.469. The molecule has 4 rings (SSSR count). The first-order valence-corrected chi connectivity index (χ1v) is 15.7. The van der Waals surface area contributed by atoms with Crippen LogP contribution in [-0.2, 0) is 19.4 Å². The first-order valence-electron chi connectivity index (χ1n) is 14.0. The minimum absolute atomic E-state index is 0.0716. The standard InChI is InChI=1S/C27H46N2O4S/c1-18-4-3-5-19(2)26(18)29-27(31)22-10-12-23(13-11-22)28-25(30)16-20-8-14-24(15-9-20)34(32,33)17-21-6-7-21/h18-24,26H,3-17H2,1-2H3,(H,28,30)(H,29,31). The van der Waals surface area contributed by atoms with Gasteiger partial charge in [0.15, 0.2) is 9.84 Å². The van der Waals surface area contributed by atoms with Crippen LogP contribution in [0.25, 0.3) is 0 Å². The first-order chi connectivity index (χ1) is 16.2. The second-order valence-electron chi connectivity index (χ2n) is 12.2. The van der Waals surface area contributed by atoms with Crippen LogP contribution in [0.15, 0.2) is 0 Å². The zero-order valence-electron chi connectivity index (χ0n) is 21.3. The van der Waals surface area contributed by atoms with E-state index in [1.54, 1.807) is 0 Å². The summed E-state index contributed by atoms with van der Waals surface area (Å²) in [7, 11) is -2.96. The Hall–Kier alpha value is -1.11. The number of hydrogen-bond acceptors (Lipinski definition) is 4. The number of amides is 2. The summed E-state index contributed by atoms with van der Waals surface area (Å²) in [6.45, 7) is 4.51. The number of carbonyl (C=O) groups excluding carboxylic acids is 2. The second-order valence-corrected chi connectivity index (χ2v) is 14.5. The van der Waals surface area contributed by atoms with Crippen LogP contribution in [-0.4, -0.2) is 43.3 Å². The van der Waals surface area contributed by atoms with Gasteiger partial charge in [0, 0.05) is 24.4 Å². The Balaban J connectivity index is 1.13. The number of rotatable bonds is 8. The average molecular weight is 495 g/mol. The molecular formula is C27H46N2O4S. The van der Waals surface area contributed by atoms with Crippen molar-refractivity contribution in [2.24, 2.45) is 29.6 Å². The van der Waals surface area contributed by atoms with Gasteiger partial charge in [-0.05, 0) is 101 Å².